The van der Waals surface area contributed by atoms with Crippen LogP contribution in [0.3, 0.4) is 0 Å². The third-order valence-electron chi connectivity index (χ3n) is 5.87. The molecule has 176 valence electrons. The smallest absolute Gasteiger partial charge is 0.338 e. The lowest BCUT2D eigenvalue weighted by atomic mass is 9.85. The van der Waals surface area contributed by atoms with Crippen LogP contribution in [0.25, 0.3) is 16.7 Å². The molecular weight excluding hydrogens is 426 g/mol. The number of esters is 1. The van der Waals surface area contributed by atoms with Gasteiger partial charge in [-0.1, -0.05) is 42.5 Å². The van der Waals surface area contributed by atoms with E-state index in [2.05, 4.69) is 44.3 Å². The summed E-state index contributed by atoms with van der Waals surface area (Å²) in [5, 5.41) is 3.59. The number of benzene rings is 3. The number of carbonyl (C=O) groups excluding carboxylic acids is 1. The molecule has 0 saturated carbocycles. The molecule has 34 heavy (non-hydrogen) atoms. The number of rotatable bonds is 7. The van der Waals surface area contributed by atoms with Gasteiger partial charge in [0.15, 0.2) is 11.5 Å². The number of nitrogens with one attached hydrogen (secondary N) is 1. The van der Waals surface area contributed by atoms with Gasteiger partial charge < -0.3 is 19.5 Å². The molecule has 3 aromatic carbocycles. The molecule has 0 saturated heterocycles. The zero-order valence-electron chi connectivity index (χ0n) is 20.4. The van der Waals surface area contributed by atoms with E-state index in [1.54, 1.807) is 19.2 Å². The number of methoxy groups -OCH3 is 1. The van der Waals surface area contributed by atoms with Gasteiger partial charge in [-0.15, -0.1) is 0 Å². The average Bonchev–Trinajstić information content (AvgIpc) is 2.82. The highest BCUT2D eigenvalue weighted by molar-refractivity contribution is 5.91. The summed E-state index contributed by atoms with van der Waals surface area (Å²) in [5.74, 6) is 0.981. The SMILES string of the molecule is CCOc1cccc(-c2ccc3c(c2COC(=O)c2ccccc2)C(C)=CC(C)(C)N3)c1OC. The van der Waals surface area contributed by atoms with Crippen LogP contribution in [0, 0.1) is 0 Å². The zero-order chi connectivity index (χ0) is 24.3. The van der Waals surface area contributed by atoms with E-state index in [0.717, 1.165) is 33.5 Å². The lowest BCUT2D eigenvalue weighted by molar-refractivity contribution is 0.0473. The van der Waals surface area contributed by atoms with Crippen LogP contribution in [-0.2, 0) is 11.3 Å². The van der Waals surface area contributed by atoms with Crippen molar-refractivity contribution in [1.82, 2.24) is 0 Å². The lowest BCUT2D eigenvalue weighted by Crippen LogP contribution is -2.32. The molecule has 0 radical (unpaired) electrons. The van der Waals surface area contributed by atoms with Gasteiger partial charge >= 0.3 is 5.97 Å². The number of fused-ring (bicyclic) bond motifs is 1. The maximum atomic E-state index is 12.8. The minimum absolute atomic E-state index is 0.127. The second-order valence-corrected chi connectivity index (χ2v) is 8.90. The molecule has 1 N–H and O–H groups in total. The van der Waals surface area contributed by atoms with Gasteiger partial charge in [0.25, 0.3) is 0 Å². The Balaban J connectivity index is 1.84. The van der Waals surface area contributed by atoms with Gasteiger partial charge in [-0.25, -0.2) is 4.79 Å². The van der Waals surface area contributed by atoms with Crippen LogP contribution < -0.4 is 14.8 Å². The first-order valence-corrected chi connectivity index (χ1v) is 11.5. The third-order valence-corrected chi connectivity index (χ3v) is 5.87. The maximum absolute atomic E-state index is 12.8. The molecule has 1 heterocycles. The number of anilines is 1. The Labute approximate surface area is 201 Å². The number of para-hydroxylation sites is 1. The Morgan fingerprint density at radius 2 is 1.74 bits per heavy atom. The molecule has 0 spiro atoms. The highest BCUT2D eigenvalue weighted by atomic mass is 16.5. The molecule has 3 aromatic rings. The molecule has 5 heteroatoms. The summed E-state index contributed by atoms with van der Waals surface area (Å²) >= 11 is 0. The predicted molar refractivity (Wildman–Crippen MR) is 137 cm³/mol. The number of hydrogen-bond acceptors (Lipinski definition) is 5. The molecular formula is C29H31NO4. The number of hydrogen-bond donors (Lipinski definition) is 1. The van der Waals surface area contributed by atoms with Crippen molar-refractivity contribution >= 4 is 17.2 Å². The first kappa shape index (κ1) is 23.4. The fourth-order valence-corrected chi connectivity index (χ4v) is 4.60. The first-order valence-electron chi connectivity index (χ1n) is 11.5. The van der Waals surface area contributed by atoms with E-state index in [0.29, 0.717) is 23.7 Å². The predicted octanol–water partition coefficient (Wildman–Crippen LogP) is 6.73. The second-order valence-electron chi connectivity index (χ2n) is 8.90. The summed E-state index contributed by atoms with van der Waals surface area (Å²) in [4.78, 5) is 12.8. The van der Waals surface area contributed by atoms with Crippen LogP contribution in [-0.4, -0.2) is 25.2 Å². The van der Waals surface area contributed by atoms with Crippen molar-refractivity contribution in [3.8, 4) is 22.6 Å². The summed E-state index contributed by atoms with van der Waals surface area (Å²) in [6, 6.07) is 19.0. The largest absolute Gasteiger partial charge is 0.492 e. The van der Waals surface area contributed by atoms with Crippen molar-refractivity contribution < 1.29 is 19.0 Å². The number of allylic oxidation sites excluding steroid dienone is 1. The summed E-state index contributed by atoms with van der Waals surface area (Å²) in [5.41, 5.74) is 6.28. The summed E-state index contributed by atoms with van der Waals surface area (Å²) in [7, 11) is 1.64. The molecule has 0 amide bonds. The molecule has 1 aliphatic rings. The second kappa shape index (κ2) is 9.64. The van der Waals surface area contributed by atoms with Crippen LogP contribution in [0.5, 0.6) is 11.5 Å². The Hall–Kier alpha value is -3.73. The van der Waals surface area contributed by atoms with Crippen molar-refractivity contribution in [2.75, 3.05) is 19.0 Å². The zero-order valence-corrected chi connectivity index (χ0v) is 20.4. The van der Waals surface area contributed by atoms with Crippen LogP contribution in [0.15, 0.2) is 66.7 Å². The standard InChI is InChI=1S/C29H31NO4/c1-6-33-25-14-10-13-22(27(25)32-5)21-15-16-24-26(19(2)17-29(3,4)30-24)23(21)18-34-28(31)20-11-8-7-9-12-20/h7-17,30H,6,18H2,1-5H3. The summed E-state index contributed by atoms with van der Waals surface area (Å²) in [6.45, 7) is 8.98. The van der Waals surface area contributed by atoms with Gasteiger partial charge in [0.2, 0.25) is 0 Å². The number of ether oxygens (including phenoxy) is 3. The highest BCUT2D eigenvalue weighted by Crippen LogP contribution is 2.45. The first-order chi connectivity index (χ1) is 16.3. The molecule has 0 unspecified atom stereocenters. The van der Waals surface area contributed by atoms with E-state index in [4.69, 9.17) is 14.2 Å². The van der Waals surface area contributed by atoms with Crippen molar-refractivity contribution in [2.24, 2.45) is 0 Å². The minimum atomic E-state index is -0.357. The van der Waals surface area contributed by atoms with E-state index in [-0.39, 0.29) is 18.1 Å². The highest BCUT2D eigenvalue weighted by Gasteiger charge is 2.27. The number of carbonyl (C=O) groups is 1. The third kappa shape index (κ3) is 4.65. The van der Waals surface area contributed by atoms with Gasteiger partial charge in [0.1, 0.15) is 6.61 Å². The van der Waals surface area contributed by atoms with Gasteiger partial charge in [-0.05, 0) is 63.1 Å². The van der Waals surface area contributed by atoms with Crippen LogP contribution in [0.4, 0.5) is 5.69 Å². The van der Waals surface area contributed by atoms with E-state index >= 15 is 0 Å². The van der Waals surface area contributed by atoms with Crippen LogP contribution in [0.1, 0.15) is 49.2 Å². The van der Waals surface area contributed by atoms with E-state index in [1.807, 2.05) is 43.3 Å². The quantitative estimate of drug-likeness (QED) is 0.399. The van der Waals surface area contributed by atoms with Gasteiger partial charge in [0.05, 0.1) is 24.8 Å². The van der Waals surface area contributed by atoms with Gasteiger partial charge in [0, 0.05) is 22.4 Å². The molecule has 0 fully saturated rings. The van der Waals surface area contributed by atoms with Crippen molar-refractivity contribution in [3.05, 3.63) is 83.4 Å². The van der Waals surface area contributed by atoms with E-state index in [9.17, 15) is 4.79 Å². The summed E-state index contributed by atoms with van der Waals surface area (Å²) in [6.07, 6.45) is 2.20. The van der Waals surface area contributed by atoms with Gasteiger partial charge in [-0.3, -0.25) is 0 Å². The van der Waals surface area contributed by atoms with Crippen molar-refractivity contribution in [2.45, 2.75) is 39.8 Å². The molecule has 0 aromatic heterocycles. The van der Waals surface area contributed by atoms with Crippen molar-refractivity contribution in [1.29, 1.82) is 0 Å². The fraction of sp³-hybridized carbons (Fsp3) is 0.276. The molecule has 1 aliphatic heterocycles. The fourth-order valence-electron chi connectivity index (χ4n) is 4.60. The maximum Gasteiger partial charge on any atom is 0.338 e. The lowest BCUT2D eigenvalue weighted by Gasteiger charge is -2.33. The Bertz CT molecular complexity index is 1230. The van der Waals surface area contributed by atoms with E-state index in [1.165, 1.54) is 0 Å². The topological polar surface area (TPSA) is 56.8 Å². The minimum Gasteiger partial charge on any atom is -0.492 e. The van der Waals surface area contributed by atoms with Gasteiger partial charge in [-0.2, -0.15) is 0 Å². The monoisotopic (exact) mass is 457 g/mol. The molecule has 4 rings (SSSR count). The Morgan fingerprint density at radius 3 is 2.44 bits per heavy atom. The molecule has 5 nitrogen and oxygen atoms in total. The Morgan fingerprint density at radius 1 is 0.971 bits per heavy atom. The summed E-state index contributed by atoms with van der Waals surface area (Å²) < 4.78 is 17.4. The Kier molecular flexibility index (Phi) is 6.64. The van der Waals surface area contributed by atoms with Crippen molar-refractivity contribution in [3.63, 3.8) is 0 Å². The molecule has 0 atom stereocenters. The van der Waals surface area contributed by atoms with Crippen LogP contribution in [0.2, 0.25) is 0 Å². The average molecular weight is 458 g/mol. The van der Waals surface area contributed by atoms with E-state index < -0.39 is 0 Å². The molecule has 0 aliphatic carbocycles. The van der Waals surface area contributed by atoms with Crippen LogP contribution >= 0.6 is 0 Å². The molecule has 0 bridgehead atoms. The normalized spacial score (nSPS) is 13.9.